The topological polar surface area (TPSA) is 67.6 Å². The highest BCUT2D eigenvalue weighted by molar-refractivity contribution is 5.88. The van der Waals surface area contributed by atoms with Crippen LogP contribution in [0.4, 0.5) is 0 Å². The smallest absolute Gasteiger partial charge is 0.240 e. The summed E-state index contributed by atoms with van der Waals surface area (Å²) in [4.78, 5) is 15.0. The molecular weight excluding hydrogens is 278 g/mol. The normalized spacial score (nSPS) is 35.0. The number of nitrogens with zero attached hydrogens (tertiary/aromatic N) is 1. The lowest BCUT2D eigenvalue weighted by Gasteiger charge is -2.57. The summed E-state index contributed by atoms with van der Waals surface area (Å²) >= 11 is 0. The van der Waals surface area contributed by atoms with Gasteiger partial charge in [0, 0.05) is 37.6 Å². The molecule has 2 aliphatic rings. The minimum absolute atomic E-state index is 0.0295. The minimum atomic E-state index is -0.805. The third-order valence-electron chi connectivity index (χ3n) is 5.86. The van der Waals surface area contributed by atoms with Gasteiger partial charge >= 0.3 is 0 Å². The second-order valence-electron chi connectivity index (χ2n) is 7.48. The van der Waals surface area contributed by atoms with Crippen LogP contribution in [0.5, 0.6) is 0 Å². The van der Waals surface area contributed by atoms with Crippen LogP contribution >= 0.6 is 0 Å². The number of likely N-dealkylation sites (tertiary alicyclic amines) is 1. The monoisotopic (exact) mass is 311 g/mol. The van der Waals surface area contributed by atoms with Crippen molar-refractivity contribution in [2.75, 3.05) is 26.2 Å². The summed E-state index contributed by atoms with van der Waals surface area (Å²) in [5, 5.41) is 3.05. The predicted octanol–water partition coefficient (Wildman–Crippen LogP) is 1.51. The van der Waals surface area contributed by atoms with Gasteiger partial charge in [-0.3, -0.25) is 9.69 Å². The first-order chi connectivity index (χ1) is 10.3. The quantitative estimate of drug-likeness (QED) is 0.780. The van der Waals surface area contributed by atoms with Crippen LogP contribution in [0.25, 0.3) is 0 Å². The molecule has 0 bridgehead atoms. The number of carbonyl (C=O) groups excluding carboxylic acids is 1. The number of hydrogen-bond donors (Lipinski definition) is 2. The second-order valence-corrected chi connectivity index (χ2v) is 7.48. The molecule has 3 unspecified atom stereocenters. The van der Waals surface area contributed by atoms with E-state index in [4.69, 9.17) is 10.5 Å². The summed E-state index contributed by atoms with van der Waals surface area (Å²) in [6.07, 6.45) is 4.54. The van der Waals surface area contributed by atoms with Crippen LogP contribution in [0.15, 0.2) is 0 Å². The second kappa shape index (κ2) is 6.85. The van der Waals surface area contributed by atoms with E-state index in [1.807, 2.05) is 20.8 Å². The van der Waals surface area contributed by atoms with Crippen LogP contribution in [-0.4, -0.2) is 54.7 Å². The van der Waals surface area contributed by atoms with Gasteiger partial charge < -0.3 is 15.8 Å². The number of hydrogen-bond acceptors (Lipinski definition) is 4. The van der Waals surface area contributed by atoms with Gasteiger partial charge in [-0.1, -0.05) is 20.3 Å². The van der Waals surface area contributed by atoms with Crippen LogP contribution in [0.2, 0.25) is 0 Å². The molecule has 1 aliphatic carbocycles. The Morgan fingerprint density at radius 3 is 2.73 bits per heavy atom. The summed E-state index contributed by atoms with van der Waals surface area (Å²) in [5.74, 6) is -0.0295. The van der Waals surface area contributed by atoms with E-state index in [0.717, 1.165) is 13.1 Å². The van der Waals surface area contributed by atoms with Crippen molar-refractivity contribution in [2.45, 2.75) is 71.1 Å². The molecule has 0 aromatic carbocycles. The van der Waals surface area contributed by atoms with Gasteiger partial charge in [0.25, 0.3) is 0 Å². The lowest BCUT2D eigenvalue weighted by molar-refractivity contribution is -0.170. The Kier molecular flexibility index (Phi) is 5.51. The molecule has 0 spiro atoms. The average molecular weight is 311 g/mol. The highest BCUT2D eigenvalue weighted by atomic mass is 16.5. The zero-order valence-electron chi connectivity index (χ0n) is 14.7. The Balaban J connectivity index is 1.80. The molecule has 1 amide bonds. The van der Waals surface area contributed by atoms with Gasteiger partial charge in [0.1, 0.15) is 5.54 Å². The van der Waals surface area contributed by atoms with Gasteiger partial charge in [0.15, 0.2) is 0 Å². The fourth-order valence-corrected chi connectivity index (χ4v) is 3.78. The molecule has 128 valence electrons. The summed E-state index contributed by atoms with van der Waals surface area (Å²) < 4.78 is 5.68. The first-order valence-electron chi connectivity index (χ1n) is 8.75. The first kappa shape index (κ1) is 17.7. The molecule has 3 atom stereocenters. The molecule has 5 nitrogen and oxygen atoms in total. The predicted molar refractivity (Wildman–Crippen MR) is 88.6 cm³/mol. The van der Waals surface area contributed by atoms with Crippen LogP contribution in [0.1, 0.15) is 53.4 Å². The molecule has 1 aliphatic heterocycles. The van der Waals surface area contributed by atoms with Crippen LogP contribution in [-0.2, 0) is 9.53 Å². The van der Waals surface area contributed by atoms with Crippen LogP contribution in [0.3, 0.4) is 0 Å². The molecular formula is C17H33N3O2. The van der Waals surface area contributed by atoms with Gasteiger partial charge in [-0.2, -0.15) is 0 Å². The molecule has 1 saturated carbocycles. The van der Waals surface area contributed by atoms with E-state index < -0.39 is 5.54 Å². The van der Waals surface area contributed by atoms with Crippen molar-refractivity contribution >= 4 is 5.91 Å². The van der Waals surface area contributed by atoms with Crippen LogP contribution < -0.4 is 11.1 Å². The maximum Gasteiger partial charge on any atom is 0.240 e. The molecule has 5 heteroatoms. The summed E-state index contributed by atoms with van der Waals surface area (Å²) in [6.45, 7) is 11.7. The molecule has 1 heterocycles. The highest BCUT2D eigenvalue weighted by Gasteiger charge is 2.62. The van der Waals surface area contributed by atoms with Crippen molar-refractivity contribution in [3.8, 4) is 0 Å². The Hall–Kier alpha value is -0.650. The van der Waals surface area contributed by atoms with Gasteiger partial charge in [0.2, 0.25) is 5.91 Å². The van der Waals surface area contributed by atoms with Crippen molar-refractivity contribution in [1.29, 1.82) is 0 Å². The molecule has 2 rings (SSSR count). The standard InChI is InChI=1S/C17H33N3O2/c1-5-22-14-12-17(18,16(14,3)4)15(21)19-9-11-20-10-7-6-8-13(20)2/h13-14H,5-12,18H2,1-4H3,(H,19,21). The largest absolute Gasteiger partial charge is 0.378 e. The van der Waals surface area contributed by atoms with Crippen molar-refractivity contribution in [3.63, 3.8) is 0 Å². The highest BCUT2D eigenvalue weighted by Crippen LogP contribution is 2.49. The van der Waals surface area contributed by atoms with Crippen molar-refractivity contribution in [1.82, 2.24) is 10.2 Å². The SMILES string of the molecule is CCOC1CC(N)(C(=O)NCCN2CCCCC2C)C1(C)C. The van der Waals surface area contributed by atoms with Gasteiger partial charge in [-0.05, 0) is 33.2 Å². The Labute approximate surface area is 134 Å². The molecule has 0 radical (unpaired) electrons. The maximum absolute atomic E-state index is 12.5. The third-order valence-corrected chi connectivity index (χ3v) is 5.86. The van der Waals surface area contributed by atoms with Crippen molar-refractivity contribution in [2.24, 2.45) is 11.1 Å². The van der Waals surface area contributed by atoms with Crippen LogP contribution in [0, 0.1) is 5.41 Å². The molecule has 1 saturated heterocycles. The molecule has 0 aromatic heterocycles. The first-order valence-corrected chi connectivity index (χ1v) is 8.75. The number of ether oxygens (including phenoxy) is 1. The van der Waals surface area contributed by atoms with E-state index in [1.54, 1.807) is 0 Å². The van der Waals surface area contributed by atoms with Crippen molar-refractivity contribution < 1.29 is 9.53 Å². The molecule has 22 heavy (non-hydrogen) atoms. The van der Waals surface area contributed by atoms with Crippen molar-refractivity contribution in [3.05, 3.63) is 0 Å². The Morgan fingerprint density at radius 1 is 1.41 bits per heavy atom. The van der Waals surface area contributed by atoms with E-state index in [1.165, 1.54) is 19.3 Å². The third kappa shape index (κ3) is 3.17. The lowest BCUT2D eigenvalue weighted by atomic mass is 9.54. The van der Waals surface area contributed by atoms with E-state index >= 15 is 0 Å². The number of amides is 1. The van der Waals surface area contributed by atoms with E-state index in [9.17, 15) is 4.79 Å². The van der Waals surface area contributed by atoms with Gasteiger partial charge in [0.05, 0.1) is 6.10 Å². The Bertz CT molecular complexity index is 399. The van der Waals surface area contributed by atoms with Gasteiger partial charge in [-0.25, -0.2) is 0 Å². The van der Waals surface area contributed by atoms with E-state index in [-0.39, 0.29) is 17.4 Å². The number of carbonyl (C=O) groups is 1. The molecule has 0 aromatic rings. The zero-order valence-corrected chi connectivity index (χ0v) is 14.7. The molecule has 3 N–H and O–H groups in total. The Morgan fingerprint density at radius 2 is 2.14 bits per heavy atom. The minimum Gasteiger partial charge on any atom is -0.378 e. The fourth-order valence-electron chi connectivity index (χ4n) is 3.78. The number of piperidine rings is 1. The van der Waals surface area contributed by atoms with E-state index in [2.05, 4.69) is 17.1 Å². The number of nitrogens with two attached hydrogens (primary N) is 1. The lowest BCUT2D eigenvalue weighted by Crippen LogP contribution is -2.76. The number of rotatable bonds is 6. The average Bonchev–Trinajstić information content (AvgIpc) is 2.48. The molecule has 2 fully saturated rings. The summed E-state index contributed by atoms with van der Waals surface area (Å²) in [7, 11) is 0. The summed E-state index contributed by atoms with van der Waals surface area (Å²) in [6, 6.07) is 0.625. The van der Waals surface area contributed by atoms with E-state index in [0.29, 0.717) is 25.6 Å². The zero-order chi connectivity index (χ0) is 16.4. The van der Waals surface area contributed by atoms with Gasteiger partial charge in [-0.15, -0.1) is 0 Å². The fraction of sp³-hybridized carbons (Fsp3) is 0.941. The number of nitrogens with one attached hydrogen (secondary N) is 1. The maximum atomic E-state index is 12.5. The summed E-state index contributed by atoms with van der Waals surface area (Å²) in [5.41, 5.74) is 5.27.